The van der Waals surface area contributed by atoms with E-state index in [0.717, 1.165) is 30.9 Å². The maximum atomic E-state index is 12.9. The summed E-state index contributed by atoms with van der Waals surface area (Å²) in [7, 11) is 0. The highest BCUT2D eigenvalue weighted by atomic mass is 16.6. The van der Waals surface area contributed by atoms with Gasteiger partial charge in [-0.05, 0) is 38.0 Å². The molecule has 126 valence electrons. The number of fused-ring (bicyclic) bond motifs is 1. The van der Waals surface area contributed by atoms with E-state index in [4.69, 9.17) is 9.47 Å². The minimum Gasteiger partial charge on any atom is -0.486 e. The summed E-state index contributed by atoms with van der Waals surface area (Å²) in [6.07, 6.45) is 3.88. The molecule has 24 heavy (non-hydrogen) atoms. The molecule has 2 aliphatic heterocycles. The zero-order valence-corrected chi connectivity index (χ0v) is 13.7. The number of amides is 1. The van der Waals surface area contributed by atoms with Gasteiger partial charge in [0.05, 0.1) is 0 Å². The van der Waals surface area contributed by atoms with E-state index < -0.39 is 0 Å². The Hall–Kier alpha value is -2.50. The molecule has 1 aromatic heterocycles. The molecule has 1 atom stereocenters. The highest BCUT2D eigenvalue weighted by Gasteiger charge is 2.27. The minimum atomic E-state index is 0.0416. The van der Waals surface area contributed by atoms with Crippen molar-refractivity contribution in [2.45, 2.75) is 25.7 Å². The lowest BCUT2D eigenvalue weighted by Gasteiger charge is -2.32. The standard InChI is InChI=1S/C18H21N3O3/c1-12-10-19-17(20-12)14-3-2-6-21(11-14)18(22)13-4-5-15-16(9-13)24-8-7-23-15/h4-5,9-10,14H,2-3,6-8,11H2,1H3,(H,19,20)/t14-/m1/s1. The molecule has 3 heterocycles. The number of imidazole rings is 1. The Labute approximate surface area is 140 Å². The number of carbonyl (C=O) groups is 1. The van der Waals surface area contributed by atoms with Crippen molar-refractivity contribution in [3.8, 4) is 11.5 Å². The molecule has 2 aromatic rings. The maximum absolute atomic E-state index is 12.9. The predicted octanol–water partition coefficient (Wildman–Crippen LogP) is 2.51. The fourth-order valence-electron chi connectivity index (χ4n) is 3.38. The molecule has 2 aliphatic rings. The molecule has 1 N–H and O–H groups in total. The number of ether oxygens (including phenoxy) is 2. The van der Waals surface area contributed by atoms with E-state index in [9.17, 15) is 4.79 Å². The van der Waals surface area contributed by atoms with Crippen LogP contribution in [0.3, 0.4) is 0 Å². The van der Waals surface area contributed by atoms with Crippen LogP contribution in [0.2, 0.25) is 0 Å². The number of nitrogens with one attached hydrogen (secondary N) is 1. The Morgan fingerprint density at radius 2 is 2.12 bits per heavy atom. The molecule has 0 saturated carbocycles. The van der Waals surface area contributed by atoms with Crippen LogP contribution in [0.25, 0.3) is 0 Å². The topological polar surface area (TPSA) is 67.5 Å². The summed E-state index contributed by atoms with van der Waals surface area (Å²) in [5, 5.41) is 0. The van der Waals surface area contributed by atoms with E-state index in [1.807, 2.05) is 30.2 Å². The molecule has 6 heteroatoms. The quantitative estimate of drug-likeness (QED) is 0.920. The van der Waals surface area contributed by atoms with E-state index >= 15 is 0 Å². The molecule has 1 amide bonds. The number of aryl methyl sites for hydroxylation is 1. The number of nitrogens with zero attached hydrogens (tertiary/aromatic N) is 2. The first-order valence-corrected chi connectivity index (χ1v) is 8.41. The number of benzene rings is 1. The molecule has 0 radical (unpaired) electrons. The van der Waals surface area contributed by atoms with Crippen LogP contribution >= 0.6 is 0 Å². The van der Waals surface area contributed by atoms with Gasteiger partial charge in [-0.1, -0.05) is 0 Å². The van der Waals surface area contributed by atoms with E-state index in [1.165, 1.54) is 0 Å². The predicted molar refractivity (Wildman–Crippen MR) is 88.6 cm³/mol. The van der Waals surface area contributed by atoms with Gasteiger partial charge in [-0.25, -0.2) is 4.98 Å². The zero-order chi connectivity index (χ0) is 16.5. The van der Waals surface area contributed by atoms with Crippen molar-refractivity contribution in [2.24, 2.45) is 0 Å². The molecule has 0 aliphatic carbocycles. The normalized spacial score (nSPS) is 20.0. The van der Waals surface area contributed by atoms with Crippen LogP contribution in [0.15, 0.2) is 24.4 Å². The number of carbonyl (C=O) groups excluding carboxylic acids is 1. The summed E-state index contributed by atoms with van der Waals surface area (Å²) in [6.45, 7) is 4.55. The fraction of sp³-hybridized carbons (Fsp3) is 0.444. The fourth-order valence-corrected chi connectivity index (χ4v) is 3.38. The first-order chi connectivity index (χ1) is 11.7. The van der Waals surface area contributed by atoms with Crippen LogP contribution in [0, 0.1) is 6.92 Å². The van der Waals surface area contributed by atoms with Gasteiger partial charge >= 0.3 is 0 Å². The van der Waals surface area contributed by atoms with Gasteiger partial charge in [-0.2, -0.15) is 0 Å². The van der Waals surface area contributed by atoms with Crippen molar-refractivity contribution in [3.05, 3.63) is 41.5 Å². The van der Waals surface area contributed by atoms with Crippen LogP contribution in [0.5, 0.6) is 11.5 Å². The maximum Gasteiger partial charge on any atom is 0.254 e. The molecular formula is C18H21N3O3. The van der Waals surface area contributed by atoms with E-state index in [2.05, 4.69) is 9.97 Å². The third kappa shape index (κ3) is 2.84. The van der Waals surface area contributed by atoms with Crippen molar-refractivity contribution in [2.75, 3.05) is 26.3 Å². The van der Waals surface area contributed by atoms with Gasteiger partial charge in [-0.15, -0.1) is 0 Å². The number of likely N-dealkylation sites (tertiary alicyclic amines) is 1. The van der Waals surface area contributed by atoms with Crippen molar-refractivity contribution in [1.82, 2.24) is 14.9 Å². The third-order valence-corrected chi connectivity index (χ3v) is 4.61. The summed E-state index contributed by atoms with van der Waals surface area (Å²) in [5.74, 6) is 2.66. The number of piperidine rings is 1. The number of hydrogen-bond acceptors (Lipinski definition) is 4. The van der Waals surface area contributed by atoms with Gasteiger partial charge in [0.25, 0.3) is 5.91 Å². The molecule has 1 saturated heterocycles. The number of rotatable bonds is 2. The van der Waals surface area contributed by atoms with E-state index in [-0.39, 0.29) is 11.8 Å². The highest BCUT2D eigenvalue weighted by molar-refractivity contribution is 5.95. The first-order valence-electron chi connectivity index (χ1n) is 8.41. The van der Waals surface area contributed by atoms with Crippen molar-refractivity contribution in [1.29, 1.82) is 0 Å². The molecule has 4 rings (SSSR count). The van der Waals surface area contributed by atoms with Crippen LogP contribution in [-0.4, -0.2) is 47.1 Å². The van der Waals surface area contributed by atoms with Gasteiger partial charge < -0.3 is 19.4 Å². The first kappa shape index (κ1) is 15.1. The van der Waals surface area contributed by atoms with Gasteiger partial charge in [0.1, 0.15) is 19.0 Å². The summed E-state index contributed by atoms with van der Waals surface area (Å²) in [5.41, 5.74) is 1.70. The third-order valence-electron chi connectivity index (χ3n) is 4.61. The lowest BCUT2D eigenvalue weighted by atomic mass is 9.96. The number of hydrogen-bond donors (Lipinski definition) is 1. The summed E-state index contributed by atoms with van der Waals surface area (Å²) in [6, 6.07) is 5.42. The Kier molecular flexibility index (Phi) is 3.88. The smallest absolute Gasteiger partial charge is 0.254 e. The Bertz CT molecular complexity index is 756. The van der Waals surface area contributed by atoms with Gasteiger partial charge in [-0.3, -0.25) is 4.79 Å². The second-order valence-corrected chi connectivity index (χ2v) is 6.40. The second-order valence-electron chi connectivity index (χ2n) is 6.40. The van der Waals surface area contributed by atoms with Gasteiger partial charge in [0.2, 0.25) is 0 Å². The van der Waals surface area contributed by atoms with Crippen LogP contribution in [0.1, 0.15) is 40.6 Å². The minimum absolute atomic E-state index is 0.0416. The van der Waals surface area contributed by atoms with Crippen LogP contribution in [0.4, 0.5) is 0 Å². The van der Waals surface area contributed by atoms with Gasteiger partial charge in [0.15, 0.2) is 11.5 Å². The van der Waals surface area contributed by atoms with Crippen LogP contribution in [-0.2, 0) is 0 Å². The molecule has 0 unspecified atom stereocenters. The summed E-state index contributed by atoms with van der Waals surface area (Å²) >= 11 is 0. The zero-order valence-electron chi connectivity index (χ0n) is 13.7. The number of H-pyrrole nitrogens is 1. The van der Waals surface area contributed by atoms with Crippen molar-refractivity contribution in [3.63, 3.8) is 0 Å². The molecule has 0 spiro atoms. The monoisotopic (exact) mass is 327 g/mol. The highest BCUT2D eigenvalue weighted by Crippen LogP contribution is 2.32. The summed E-state index contributed by atoms with van der Waals surface area (Å²) in [4.78, 5) is 22.5. The van der Waals surface area contributed by atoms with E-state index in [1.54, 1.807) is 6.07 Å². The Morgan fingerprint density at radius 1 is 1.29 bits per heavy atom. The molecule has 0 bridgehead atoms. The lowest BCUT2D eigenvalue weighted by molar-refractivity contribution is 0.0703. The molecule has 6 nitrogen and oxygen atoms in total. The average molecular weight is 327 g/mol. The van der Waals surface area contributed by atoms with Crippen molar-refractivity contribution < 1.29 is 14.3 Å². The largest absolute Gasteiger partial charge is 0.486 e. The summed E-state index contributed by atoms with van der Waals surface area (Å²) < 4.78 is 11.1. The Morgan fingerprint density at radius 3 is 2.92 bits per heavy atom. The number of aromatic amines is 1. The molecule has 1 aromatic carbocycles. The van der Waals surface area contributed by atoms with Crippen LogP contribution < -0.4 is 9.47 Å². The second kappa shape index (κ2) is 6.19. The lowest BCUT2D eigenvalue weighted by Crippen LogP contribution is -2.39. The number of aromatic nitrogens is 2. The van der Waals surface area contributed by atoms with Crippen molar-refractivity contribution >= 4 is 5.91 Å². The SMILES string of the molecule is Cc1cnc([C@@H]2CCCN(C(=O)c3ccc4c(c3)OCCO4)C2)[nH]1. The average Bonchev–Trinajstić information content (AvgIpc) is 3.07. The van der Waals surface area contributed by atoms with E-state index in [0.29, 0.717) is 36.8 Å². The molecular weight excluding hydrogens is 306 g/mol. The van der Waals surface area contributed by atoms with Gasteiger partial charge in [0, 0.05) is 36.5 Å². The molecule has 1 fully saturated rings. The Balaban J connectivity index is 1.51.